The van der Waals surface area contributed by atoms with Crippen molar-refractivity contribution in [2.45, 2.75) is 75.9 Å². The Labute approximate surface area is 178 Å². The normalized spacial score (nSPS) is 18.6. The average Bonchev–Trinajstić information content (AvgIpc) is 3.28. The van der Waals surface area contributed by atoms with Crippen molar-refractivity contribution in [3.05, 3.63) is 52.3 Å². The van der Waals surface area contributed by atoms with Gasteiger partial charge >= 0.3 is 0 Å². The van der Waals surface area contributed by atoms with Crippen LogP contribution in [0.5, 0.6) is 0 Å². The molecule has 4 rings (SSSR count). The summed E-state index contributed by atoms with van der Waals surface area (Å²) in [6.07, 6.45) is 9.54. The van der Waals surface area contributed by atoms with Crippen LogP contribution in [0.4, 0.5) is 0 Å². The number of Topliss-reactive ketones (excluding diaryl/α,β-unsaturated/α-hetero) is 1. The van der Waals surface area contributed by atoms with Crippen molar-refractivity contribution in [1.29, 1.82) is 4.78 Å². The summed E-state index contributed by atoms with van der Waals surface area (Å²) >= 11 is 0. The van der Waals surface area contributed by atoms with E-state index in [0.717, 1.165) is 31.2 Å². The van der Waals surface area contributed by atoms with Gasteiger partial charge in [-0.2, -0.15) is 0 Å². The highest BCUT2D eigenvalue weighted by Crippen LogP contribution is 2.35. The molecule has 1 aromatic heterocycles. The molecule has 0 amide bonds. The fourth-order valence-corrected chi connectivity index (χ4v) is 5.79. The Morgan fingerprint density at radius 3 is 2.67 bits per heavy atom. The summed E-state index contributed by atoms with van der Waals surface area (Å²) in [5.74, 6) is 0.159. The molecule has 162 valence electrons. The first-order valence-electron chi connectivity index (χ1n) is 10.9. The third-order valence-corrected chi connectivity index (χ3v) is 8.17. The quantitative estimate of drug-likeness (QED) is 0.644. The van der Waals surface area contributed by atoms with Crippen LogP contribution in [0, 0.1) is 10.7 Å². The molecule has 6 heteroatoms. The minimum atomic E-state index is -3.39. The molecule has 5 nitrogen and oxygen atoms in total. The second-order valence-corrected chi connectivity index (χ2v) is 11.5. The number of carbonyl (C=O) groups is 1. The van der Waals surface area contributed by atoms with E-state index in [0.29, 0.717) is 11.5 Å². The molecule has 2 aliphatic rings. The second-order valence-electron chi connectivity index (χ2n) is 9.44. The van der Waals surface area contributed by atoms with Crippen LogP contribution < -0.4 is 0 Å². The zero-order valence-corrected chi connectivity index (χ0v) is 18.6. The summed E-state index contributed by atoms with van der Waals surface area (Å²) in [4.78, 5) is 12.9. The number of ketones is 1. The maximum absolute atomic E-state index is 13.0. The fraction of sp³-hybridized carbons (Fsp3) is 0.542. The van der Waals surface area contributed by atoms with Gasteiger partial charge in [-0.05, 0) is 67.7 Å². The Hall–Kier alpha value is -1.92. The zero-order chi connectivity index (χ0) is 21.5. The third kappa shape index (κ3) is 4.40. The maximum Gasteiger partial charge on any atom is 0.199 e. The largest absolute Gasteiger partial charge is 0.454 e. The zero-order valence-electron chi connectivity index (χ0n) is 17.8. The van der Waals surface area contributed by atoms with E-state index in [2.05, 4.69) is 12.1 Å². The van der Waals surface area contributed by atoms with Crippen molar-refractivity contribution < 1.29 is 18.5 Å². The monoisotopic (exact) mass is 429 g/mol. The van der Waals surface area contributed by atoms with Crippen LogP contribution >= 0.6 is 0 Å². The molecule has 0 saturated heterocycles. The Bertz CT molecular complexity index is 1060. The van der Waals surface area contributed by atoms with E-state index in [1.54, 1.807) is 13.8 Å². The third-order valence-electron chi connectivity index (χ3n) is 6.58. The molecule has 2 aromatic rings. The Morgan fingerprint density at radius 2 is 2.03 bits per heavy atom. The predicted molar refractivity (Wildman–Crippen MR) is 116 cm³/mol. The number of rotatable bonds is 8. The van der Waals surface area contributed by atoms with Gasteiger partial charge in [0.2, 0.25) is 0 Å². The van der Waals surface area contributed by atoms with Crippen molar-refractivity contribution in [2.24, 2.45) is 5.92 Å². The van der Waals surface area contributed by atoms with Crippen LogP contribution in [0.25, 0.3) is 0 Å². The lowest BCUT2D eigenvalue weighted by Gasteiger charge is -2.27. The standard InChI is InChI=1S/C24H31NO4S/c1-24(2,27)19-12-23(29-14-19)30(25,28)15-20(26)13-22-18(11-16-5-3-6-16)10-9-17-7-4-8-21(17)22/h9-10,12,14,16,25,27H,3-8,11,13,15H2,1-2H3/t30-/m0/s1. The van der Waals surface area contributed by atoms with E-state index in [1.165, 1.54) is 48.3 Å². The Balaban J connectivity index is 1.53. The minimum absolute atomic E-state index is 0.0408. The summed E-state index contributed by atoms with van der Waals surface area (Å²) in [6, 6.07) is 5.84. The van der Waals surface area contributed by atoms with Gasteiger partial charge in [0.1, 0.15) is 9.73 Å². The lowest BCUT2D eigenvalue weighted by molar-refractivity contribution is -0.116. The molecule has 0 unspecified atom stereocenters. The van der Waals surface area contributed by atoms with Gasteiger partial charge in [0.25, 0.3) is 0 Å². The van der Waals surface area contributed by atoms with Crippen LogP contribution in [0.15, 0.2) is 34.0 Å². The topological polar surface area (TPSA) is 91.4 Å². The fourth-order valence-electron chi connectivity index (χ4n) is 4.57. The molecule has 0 bridgehead atoms. The van der Waals surface area contributed by atoms with Crippen LogP contribution in [0.2, 0.25) is 0 Å². The van der Waals surface area contributed by atoms with Gasteiger partial charge in [-0.1, -0.05) is 31.4 Å². The number of fused-ring (bicyclic) bond motifs is 1. The molecule has 1 aromatic carbocycles. The lowest BCUT2D eigenvalue weighted by Crippen LogP contribution is -2.20. The van der Waals surface area contributed by atoms with E-state index in [9.17, 15) is 14.1 Å². The van der Waals surface area contributed by atoms with Gasteiger partial charge in [-0.3, -0.25) is 4.79 Å². The number of aryl methyl sites for hydroxylation is 1. The molecule has 0 spiro atoms. The average molecular weight is 430 g/mol. The molecule has 1 fully saturated rings. The predicted octanol–water partition coefficient (Wildman–Crippen LogP) is 4.56. The van der Waals surface area contributed by atoms with E-state index in [1.807, 2.05) is 0 Å². The molecule has 1 atom stereocenters. The van der Waals surface area contributed by atoms with Crippen LogP contribution in [0.1, 0.15) is 67.3 Å². The number of furan rings is 1. The number of hydrogen-bond donors (Lipinski definition) is 2. The minimum Gasteiger partial charge on any atom is -0.454 e. The van der Waals surface area contributed by atoms with Gasteiger partial charge < -0.3 is 9.52 Å². The summed E-state index contributed by atoms with van der Waals surface area (Å²) in [5.41, 5.74) is 4.32. The first-order valence-corrected chi connectivity index (χ1v) is 12.6. The molecule has 2 aliphatic carbocycles. The van der Waals surface area contributed by atoms with Crippen molar-refractivity contribution >= 4 is 15.5 Å². The highest BCUT2D eigenvalue weighted by molar-refractivity contribution is 7.93. The lowest BCUT2D eigenvalue weighted by atomic mass is 9.79. The second kappa shape index (κ2) is 7.97. The van der Waals surface area contributed by atoms with Crippen molar-refractivity contribution in [2.75, 3.05) is 5.75 Å². The molecule has 2 N–H and O–H groups in total. The summed E-state index contributed by atoms with van der Waals surface area (Å²) < 4.78 is 26.5. The number of carbonyl (C=O) groups excluding carboxylic acids is 1. The maximum atomic E-state index is 13.0. The number of benzene rings is 1. The molecule has 30 heavy (non-hydrogen) atoms. The smallest absolute Gasteiger partial charge is 0.199 e. The van der Waals surface area contributed by atoms with Crippen molar-refractivity contribution in [3.63, 3.8) is 0 Å². The van der Waals surface area contributed by atoms with Crippen molar-refractivity contribution in [1.82, 2.24) is 0 Å². The summed E-state index contributed by atoms with van der Waals surface area (Å²) in [6.45, 7) is 3.19. The summed E-state index contributed by atoms with van der Waals surface area (Å²) in [7, 11) is -3.39. The van der Waals surface area contributed by atoms with Gasteiger partial charge in [0.15, 0.2) is 10.9 Å². The van der Waals surface area contributed by atoms with Gasteiger partial charge in [0.05, 0.1) is 17.6 Å². The van der Waals surface area contributed by atoms with Crippen LogP contribution in [0.3, 0.4) is 0 Å². The first kappa shape index (κ1) is 21.3. The molecule has 1 saturated carbocycles. The Morgan fingerprint density at radius 1 is 1.27 bits per heavy atom. The van der Waals surface area contributed by atoms with Gasteiger partial charge in [-0.15, -0.1) is 0 Å². The first-order chi connectivity index (χ1) is 14.1. The van der Waals surface area contributed by atoms with Gasteiger partial charge in [-0.25, -0.2) is 8.99 Å². The summed E-state index contributed by atoms with van der Waals surface area (Å²) in [5, 5.41) is 10.0. The van der Waals surface area contributed by atoms with E-state index in [4.69, 9.17) is 9.20 Å². The SMILES string of the molecule is CC(C)(O)c1coc([S@@](=N)(=O)CC(=O)Cc2c(CC3CCC3)ccc3c2CCC3)c1. The molecule has 0 aliphatic heterocycles. The molecular formula is C24H31NO4S. The van der Waals surface area contributed by atoms with Gasteiger partial charge in [0, 0.05) is 18.1 Å². The van der Waals surface area contributed by atoms with Crippen LogP contribution in [-0.2, 0) is 45.8 Å². The molecule has 0 radical (unpaired) electrons. The van der Waals surface area contributed by atoms with Crippen molar-refractivity contribution in [3.8, 4) is 0 Å². The highest BCUT2D eigenvalue weighted by Gasteiger charge is 2.27. The van der Waals surface area contributed by atoms with E-state index >= 15 is 0 Å². The number of aliphatic hydroxyl groups is 1. The molecular weight excluding hydrogens is 398 g/mol. The van der Waals surface area contributed by atoms with E-state index in [-0.39, 0.29) is 23.0 Å². The number of hydrogen-bond acceptors (Lipinski definition) is 5. The molecule has 1 heterocycles. The van der Waals surface area contributed by atoms with E-state index < -0.39 is 15.3 Å². The number of nitrogens with one attached hydrogen (secondary N) is 1. The van der Waals surface area contributed by atoms with Crippen LogP contribution in [-0.4, -0.2) is 20.9 Å². The highest BCUT2D eigenvalue weighted by atomic mass is 32.2. The Kier molecular flexibility index (Phi) is 5.66.